The van der Waals surface area contributed by atoms with Gasteiger partial charge in [0, 0.05) is 5.57 Å². The summed E-state index contributed by atoms with van der Waals surface area (Å²) in [7, 11) is 0. The molecule has 1 heteroatoms. The zero-order valence-electron chi connectivity index (χ0n) is 5.72. The quantitative estimate of drug-likeness (QED) is 0.297. The van der Waals surface area contributed by atoms with Crippen molar-refractivity contribution in [1.29, 1.82) is 5.26 Å². The van der Waals surface area contributed by atoms with Gasteiger partial charge >= 0.3 is 0 Å². The van der Waals surface area contributed by atoms with E-state index in [0.29, 0.717) is 5.57 Å². The molecule has 0 aromatic rings. The molecule has 0 N–H and O–H groups in total. The van der Waals surface area contributed by atoms with E-state index in [1.807, 2.05) is 6.07 Å². The minimum atomic E-state index is 0.625. The summed E-state index contributed by atoms with van der Waals surface area (Å²) >= 11 is 0. The fourth-order valence-electron chi connectivity index (χ4n) is 0.228. The molecule has 0 bridgehead atoms. The Hall–Kier alpha value is -1.29. The molecule has 0 amide bonds. The van der Waals surface area contributed by atoms with Crippen molar-refractivity contribution in [3.63, 3.8) is 0 Å². The Morgan fingerprint density at radius 3 is 2.00 bits per heavy atom. The Morgan fingerprint density at radius 2 is 2.00 bits per heavy atom. The molecule has 0 rings (SSSR count). The lowest BCUT2D eigenvalue weighted by atomic mass is 10.3. The standard InChI is InChI=1S/C6H7N.C2H4/c1-3-6(4-2)5-7;1-2/h3-4H,1H2,2H3;1-2H2/b6-4+;. The molecule has 0 unspecified atom stereocenters. The van der Waals surface area contributed by atoms with Crippen LogP contribution in [0.3, 0.4) is 0 Å². The number of allylic oxidation sites excluding steroid dienone is 3. The van der Waals surface area contributed by atoms with Crippen molar-refractivity contribution in [1.82, 2.24) is 0 Å². The first-order valence-electron chi connectivity index (χ1n) is 2.54. The molecule has 0 atom stereocenters. The van der Waals surface area contributed by atoms with E-state index >= 15 is 0 Å². The van der Waals surface area contributed by atoms with Gasteiger partial charge in [0.2, 0.25) is 0 Å². The molecule has 0 aliphatic heterocycles. The van der Waals surface area contributed by atoms with E-state index in [1.165, 1.54) is 6.08 Å². The molecule has 48 valence electrons. The van der Waals surface area contributed by atoms with Crippen LogP contribution in [0.15, 0.2) is 37.5 Å². The molecule has 0 aliphatic carbocycles. The van der Waals surface area contributed by atoms with Gasteiger partial charge in [-0.1, -0.05) is 18.7 Å². The van der Waals surface area contributed by atoms with E-state index in [2.05, 4.69) is 19.7 Å². The highest BCUT2D eigenvalue weighted by atomic mass is 14.2. The van der Waals surface area contributed by atoms with Crippen molar-refractivity contribution in [2.24, 2.45) is 0 Å². The Kier molecular flexibility index (Phi) is 11.7. The van der Waals surface area contributed by atoms with Gasteiger partial charge in [-0.25, -0.2) is 0 Å². The molecular weight excluding hydrogens is 110 g/mol. The molecule has 9 heavy (non-hydrogen) atoms. The van der Waals surface area contributed by atoms with Crippen LogP contribution in [0.25, 0.3) is 0 Å². The third kappa shape index (κ3) is 6.71. The molecule has 0 saturated carbocycles. The second kappa shape index (κ2) is 9.86. The minimum Gasteiger partial charge on any atom is -0.192 e. The van der Waals surface area contributed by atoms with Crippen molar-refractivity contribution < 1.29 is 0 Å². The number of hydrogen-bond acceptors (Lipinski definition) is 1. The van der Waals surface area contributed by atoms with Crippen LogP contribution in [0, 0.1) is 11.3 Å². The van der Waals surface area contributed by atoms with Gasteiger partial charge in [0.25, 0.3) is 0 Å². The average Bonchev–Trinajstić information content (AvgIpc) is 1.96. The predicted octanol–water partition coefficient (Wildman–Crippen LogP) is 2.44. The third-order valence-corrected chi connectivity index (χ3v) is 0.660. The van der Waals surface area contributed by atoms with Gasteiger partial charge in [0.05, 0.1) is 6.07 Å². The SMILES string of the molecule is C=C.C=C/C(C#N)=C\C. The summed E-state index contributed by atoms with van der Waals surface area (Å²) in [5.41, 5.74) is 0.625. The van der Waals surface area contributed by atoms with Crippen LogP contribution in [0.4, 0.5) is 0 Å². The Labute approximate surface area is 56.6 Å². The fourth-order valence-corrected chi connectivity index (χ4v) is 0.228. The van der Waals surface area contributed by atoms with E-state index < -0.39 is 0 Å². The zero-order valence-corrected chi connectivity index (χ0v) is 5.72. The molecule has 0 radical (unpaired) electrons. The number of nitrogens with zero attached hydrogens (tertiary/aromatic N) is 1. The molecule has 0 spiro atoms. The molecule has 1 nitrogen and oxygen atoms in total. The lowest BCUT2D eigenvalue weighted by Gasteiger charge is -1.74. The van der Waals surface area contributed by atoms with Gasteiger partial charge in [-0.2, -0.15) is 5.26 Å². The van der Waals surface area contributed by atoms with E-state index in [0.717, 1.165) is 0 Å². The van der Waals surface area contributed by atoms with Crippen molar-refractivity contribution in [2.45, 2.75) is 6.92 Å². The second-order valence-corrected chi connectivity index (χ2v) is 1.06. The smallest absolute Gasteiger partial charge is 0.0987 e. The normalized spacial score (nSPS) is 8.22. The lowest BCUT2D eigenvalue weighted by molar-refractivity contribution is 1.49. The summed E-state index contributed by atoms with van der Waals surface area (Å²) in [6.45, 7) is 11.2. The molecule has 0 aromatic carbocycles. The van der Waals surface area contributed by atoms with E-state index in [4.69, 9.17) is 5.26 Å². The van der Waals surface area contributed by atoms with Gasteiger partial charge in [0.1, 0.15) is 0 Å². The van der Waals surface area contributed by atoms with Crippen molar-refractivity contribution in [3.8, 4) is 6.07 Å². The van der Waals surface area contributed by atoms with Crippen molar-refractivity contribution >= 4 is 0 Å². The average molecular weight is 121 g/mol. The third-order valence-electron chi connectivity index (χ3n) is 0.660. The van der Waals surface area contributed by atoms with Crippen LogP contribution < -0.4 is 0 Å². The van der Waals surface area contributed by atoms with Crippen LogP contribution >= 0.6 is 0 Å². The Morgan fingerprint density at radius 1 is 1.56 bits per heavy atom. The molecule has 0 aliphatic rings. The van der Waals surface area contributed by atoms with E-state index in [9.17, 15) is 0 Å². The maximum absolute atomic E-state index is 8.14. The zero-order chi connectivity index (χ0) is 7.70. The first-order valence-corrected chi connectivity index (χ1v) is 2.54. The summed E-state index contributed by atoms with van der Waals surface area (Å²) in [5, 5.41) is 8.14. The lowest BCUT2D eigenvalue weighted by Crippen LogP contribution is -1.62. The molecule has 0 aromatic heterocycles. The van der Waals surface area contributed by atoms with Gasteiger partial charge < -0.3 is 0 Å². The second-order valence-electron chi connectivity index (χ2n) is 1.06. The molecular formula is C8H11N. The van der Waals surface area contributed by atoms with E-state index in [1.54, 1.807) is 13.0 Å². The maximum Gasteiger partial charge on any atom is 0.0987 e. The van der Waals surface area contributed by atoms with Crippen LogP contribution in [0.5, 0.6) is 0 Å². The van der Waals surface area contributed by atoms with Crippen molar-refractivity contribution in [3.05, 3.63) is 37.5 Å². The first-order chi connectivity index (χ1) is 4.35. The largest absolute Gasteiger partial charge is 0.192 e. The fraction of sp³-hybridized carbons (Fsp3) is 0.125. The van der Waals surface area contributed by atoms with Crippen molar-refractivity contribution in [2.75, 3.05) is 0 Å². The summed E-state index contributed by atoms with van der Waals surface area (Å²) in [6, 6.07) is 1.94. The Balaban J connectivity index is 0. The van der Waals surface area contributed by atoms with Gasteiger partial charge in [-0.05, 0) is 6.92 Å². The van der Waals surface area contributed by atoms with Gasteiger partial charge in [0.15, 0.2) is 0 Å². The highest BCUT2D eigenvalue weighted by Gasteiger charge is 1.76. The van der Waals surface area contributed by atoms with Crippen LogP contribution in [0.2, 0.25) is 0 Å². The summed E-state index contributed by atoms with van der Waals surface area (Å²) in [6.07, 6.45) is 3.24. The highest BCUT2D eigenvalue weighted by Crippen LogP contribution is 1.88. The monoisotopic (exact) mass is 121 g/mol. The first kappa shape index (κ1) is 10.6. The van der Waals surface area contributed by atoms with Gasteiger partial charge in [-0.15, -0.1) is 13.2 Å². The topological polar surface area (TPSA) is 23.8 Å². The van der Waals surface area contributed by atoms with Crippen LogP contribution in [-0.4, -0.2) is 0 Å². The van der Waals surface area contributed by atoms with Gasteiger partial charge in [-0.3, -0.25) is 0 Å². The molecule has 0 heterocycles. The predicted molar refractivity (Wildman–Crippen MR) is 40.8 cm³/mol. The molecule has 0 saturated heterocycles. The number of hydrogen-bond donors (Lipinski definition) is 0. The number of rotatable bonds is 1. The van der Waals surface area contributed by atoms with Crippen LogP contribution in [0.1, 0.15) is 6.92 Å². The number of nitriles is 1. The van der Waals surface area contributed by atoms with Crippen LogP contribution in [-0.2, 0) is 0 Å². The summed E-state index contributed by atoms with van der Waals surface area (Å²) in [4.78, 5) is 0. The maximum atomic E-state index is 8.14. The Bertz CT molecular complexity index is 137. The minimum absolute atomic E-state index is 0.625. The van der Waals surface area contributed by atoms with E-state index in [-0.39, 0.29) is 0 Å². The summed E-state index contributed by atoms with van der Waals surface area (Å²) in [5.74, 6) is 0. The highest BCUT2D eigenvalue weighted by molar-refractivity contribution is 5.30. The molecule has 0 fully saturated rings. The summed E-state index contributed by atoms with van der Waals surface area (Å²) < 4.78 is 0.